The summed E-state index contributed by atoms with van der Waals surface area (Å²) in [7, 11) is 0. The SMILES string of the molecule is CCCNc1ncc([N+](=O)[O-])c(OCC(C)C)n1. The van der Waals surface area contributed by atoms with E-state index < -0.39 is 4.92 Å². The van der Waals surface area contributed by atoms with Crippen molar-refractivity contribution in [3.05, 3.63) is 16.3 Å². The second kappa shape index (κ2) is 6.73. The molecule has 0 aromatic carbocycles. The van der Waals surface area contributed by atoms with Gasteiger partial charge in [0.1, 0.15) is 6.20 Å². The fourth-order valence-corrected chi connectivity index (χ4v) is 1.16. The molecule has 0 bridgehead atoms. The number of hydrogen-bond donors (Lipinski definition) is 1. The minimum atomic E-state index is -0.542. The molecule has 0 aliphatic carbocycles. The lowest BCUT2D eigenvalue weighted by molar-refractivity contribution is -0.386. The van der Waals surface area contributed by atoms with Crippen LogP contribution in [0.2, 0.25) is 0 Å². The van der Waals surface area contributed by atoms with E-state index in [4.69, 9.17) is 4.74 Å². The van der Waals surface area contributed by atoms with Crippen LogP contribution in [0.4, 0.5) is 11.6 Å². The van der Waals surface area contributed by atoms with E-state index in [0.717, 1.165) is 6.42 Å². The molecule has 0 aliphatic heterocycles. The zero-order chi connectivity index (χ0) is 13.5. The quantitative estimate of drug-likeness (QED) is 0.592. The van der Waals surface area contributed by atoms with Gasteiger partial charge in [-0.25, -0.2) is 4.98 Å². The maximum absolute atomic E-state index is 10.8. The standard InChI is InChI=1S/C11H18N4O3/c1-4-5-12-11-13-6-9(15(16)17)10(14-11)18-7-8(2)3/h6,8H,4-5,7H2,1-3H3,(H,12,13,14). The Morgan fingerprint density at radius 2 is 2.28 bits per heavy atom. The van der Waals surface area contributed by atoms with Gasteiger partial charge in [0, 0.05) is 6.54 Å². The molecule has 1 heterocycles. The van der Waals surface area contributed by atoms with Crippen molar-refractivity contribution in [1.82, 2.24) is 9.97 Å². The Labute approximate surface area is 106 Å². The largest absolute Gasteiger partial charge is 0.472 e. The monoisotopic (exact) mass is 254 g/mol. The molecule has 0 saturated heterocycles. The van der Waals surface area contributed by atoms with Crippen molar-refractivity contribution >= 4 is 11.6 Å². The molecule has 18 heavy (non-hydrogen) atoms. The van der Waals surface area contributed by atoms with Crippen LogP contribution < -0.4 is 10.1 Å². The lowest BCUT2D eigenvalue weighted by Crippen LogP contribution is -2.10. The summed E-state index contributed by atoms with van der Waals surface area (Å²) >= 11 is 0. The summed E-state index contributed by atoms with van der Waals surface area (Å²) in [5.74, 6) is 0.634. The van der Waals surface area contributed by atoms with E-state index in [9.17, 15) is 10.1 Å². The summed E-state index contributed by atoms with van der Waals surface area (Å²) in [6, 6.07) is 0. The van der Waals surface area contributed by atoms with E-state index in [0.29, 0.717) is 19.1 Å². The van der Waals surface area contributed by atoms with Crippen LogP contribution in [0.3, 0.4) is 0 Å². The molecule has 0 aliphatic rings. The lowest BCUT2D eigenvalue weighted by atomic mass is 10.2. The van der Waals surface area contributed by atoms with Crippen LogP contribution in [0.5, 0.6) is 5.88 Å². The molecule has 1 aromatic heterocycles. The smallest absolute Gasteiger partial charge is 0.349 e. The Balaban J connectivity index is 2.88. The van der Waals surface area contributed by atoms with E-state index in [1.807, 2.05) is 20.8 Å². The van der Waals surface area contributed by atoms with Gasteiger partial charge < -0.3 is 10.1 Å². The first-order valence-electron chi connectivity index (χ1n) is 5.92. The van der Waals surface area contributed by atoms with Crippen molar-refractivity contribution < 1.29 is 9.66 Å². The van der Waals surface area contributed by atoms with Crippen molar-refractivity contribution in [2.75, 3.05) is 18.5 Å². The third-order valence-corrected chi connectivity index (χ3v) is 2.02. The first-order valence-corrected chi connectivity index (χ1v) is 5.92. The molecule has 0 atom stereocenters. The molecular formula is C11H18N4O3. The molecule has 7 heteroatoms. The van der Waals surface area contributed by atoms with Gasteiger partial charge in [-0.05, 0) is 12.3 Å². The fraction of sp³-hybridized carbons (Fsp3) is 0.636. The Morgan fingerprint density at radius 1 is 1.56 bits per heavy atom. The number of ether oxygens (including phenoxy) is 1. The predicted molar refractivity (Wildman–Crippen MR) is 67.8 cm³/mol. The maximum Gasteiger partial charge on any atom is 0.349 e. The summed E-state index contributed by atoms with van der Waals surface area (Å²) < 4.78 is 5.35. The first-order chi connectivity index (χ1) is 8.54. The van der Waals surface area contributed by atoms with E-state index in [-0.39, 0.29) is 17.5 Å². The van der Waals surface area contributed by atoms with E-state index in [1.54, 1.807) is 0 Å². The molecule has 1 N–H and O–H groups in total. The number of rotatable bonds is 7. The average Bonchev–Trinajstić information content (AvgIpc) is 2.33. The zero-order valence-corrected chi connectivity index (χ0v) is 10.8. The lowest BCUT2D eigenvalue weighted by Gasteiger charge is -2.09. The summed E-state index contributed by atoms with van der Waals surface area (Å²) in [6.07, 6.45) is 2.09. The van der Waals surface area contributed by atoms with Crippen LogP contribution in [-0.4, -0.2) is 28.0 Å². The second-order valence-corrected chi connectivity index (χ2v) is 4.27. The van der Waals surface area contributed by atoms with Crippen LogP contribution in [0.15, 0.2) is 6.20 Å². The Bertz CT molecular complexity index is 409. The zero-order valence-electron chi connectivity index (χ0n) is 10.8. The van der Waals surface area contributed by atoms with Crippen LogP contribution >= 0.6 is 0 Å². The highest BCUT2D eigenvalue weighted by atomic mass is 16.6. The summed E-state index contributed by atoms with van der Waals surface area (Å²) in [4.78, 5) is 18.2. The Kier molecular flexibility index (Phi) is 5.29. The van der Waals surface area contributed by atoms with Gasteiger partial charge in [-0.15, -0.1) is 0 Å². The summed E-state index contributed by atoms with van der Waals surface area (Å²) in [5, 5.41) is 13.8. The van der Waals surface area contributed by atoms with Gasteiger partial charge in [-0.1, -0.05) is 20.8 Å². The summed E-state index contributed by atoms with van der Waals surface area (Å²) in [6.45, 7) is 7.02. The van der Waals surface area contributed by atoms with Crippen molar-refractivity contribution in [2.45, 2.75) is 27.2 Å². The molecule has 0 unspecified atom stereocenters. The van der Waals surface area contributed by atoms with Crippen LogP contribution in [0, 0.1) is 16.0 Å². The highest BCUT2D eigenvalue weighted by Gasteiger charge is 2.19. The number of aromatic nitrogens is 2. The second-order valence-electron chi connectivity index (χ2n) is 4.27. The minimum absolute atomic E-state index is 0.0160. The van der Waals surface area contributed by atoms with Crippen LogP contribution in [0.25, 0.3) is 0 Å². The molecule has 1 rings (SSSR count). The van der Waals surface area contributed by atoms with Crippen molar-refractivity contribution in [3.63, 3.8) is 0 Å². The number of anilines is 1. The molecule has 0 radical (unpaired) electrons. The Morgan fingerprint density at radius 3 is 2.83 bits per heavy atom. The van der Waals surface area contributed by atoms with Gasteiger partial charge in [-0.3, -0.25) is 10.1 Å². The third-order valence-electron chi connectivity index (χ3n) is 2.02. The minimum Gasteiger partial charge on any atom is -0.472 e. The molecule has 0 spiro atoms. The number of nitrogens with one attached hydrogen (secondary N) is 1. The molecule has 0 amide bonds. The van der Waals surface area contributed by atoms with E-state index in [1.165, 1.54) is 6.20 Å². The topological polar surface area (TPSA) is 90.2 Å². The average molecular weight is 254 g/mol. The third kappa shape index (κ3) is 4.15. The van der Waals surface area contributed by atoms with E-state index >= 15 is 0 Å². The van der Waals surface area contributed by atoms with Gasteiger partial charge in [0.25, 0.3) is 5.88 Å². The van der Waals surface area contributed by atoms with Gasteiger partial charge in [0.15, 0.2) is 0 Å². The molecule has 1 aromatic rings. The molecular weight excluding hydrogens is 236 g/mol. The first kappa shape index (κ1) is 14.1. The molecule has 0 fully saturated rings. The van der Waals surface area contributed by atoms with Gasteiger partial charge in [0.2, 0.25) is 5.95 Å². The summed E-state index contributed by atoms with van der Waals surface area (Å²) in [5.41, 5.74) is -0.210. The number of hydrogen-bond acceptors (Lipinski definition) is 6. The van der Waals surface area contributed by atoms with Gasteiger partial charge >= 0.3 is 5.69 Å². The molecule has 100 valence electrons. The highest BCUT2D eigenvalue weighted by Crippen LogP contribution is 2.24. The number of nitro groups is 1. The Hall–Kier alpha value is -1.92. The molecule has 0 saturated carbocycles. The van der Waals surface area contributed by atoms with Crippen molar-refractivity contribution in [2.24, 2.45) is 5.92 Å². The number of nitrogens with zero attached hydrogens (tertiary/aromatic N) is 3. The maximum atomic E-state index is 10.8. The highest BCUT2D eigenvalue weighted by molar-refractivity contribution is 5.43. The predicted octanol–water partition coefficient (Wildman–Crippen LogP) is 2.24. The van der Waals surface area contributed by atoms with Crippen LogP contribution in [-0.2, 0) is 0 Å². The van der Waals surface area contributed by atoms with Crippen LogP contribution in [0.1, 0.15) is 27.2 Å². The van der Waals surface area contributed by atoms with Crippen molar-refractivity contribution in [1.29, 1.82) is 0 Å². The molecule has 7 nitrogen and oxygen atoms in total. The van der Waals surface area contributed by atoms with Crippen molar-refractivity contribution in [3.8, 4) is 5.88 Å². The normalized spacial score (nSPS) is 10.4. The van der Waals surface area contributed by atoms with Gasteiger partial charge in [-0.2, -0.15) is 4.98 Å². The van der Waals surface area contributed by atoms with Gasteiger partial charge in [0.05, 0.1) is 11.5 Å². The fourth-order valence-electron chi connectivity index (χ4n) is 1.16. The van der Waals surface area contributed by atoms with E-state index in [2.05, 4.69) is 15.3 Å².